The Bertz CT molecular complexity index is 317. The van der Waals surface area contributed by atoms with Crippen molar-refractivity contribution in [3.8, 4) is 0 Å². The minimum atomic E-state index is -0.293. The van der Waals surface area contributed by atoms with Gasteiger partial charge in [-0.15, -0.1) is 5.10 Å². The van der Waals surface area contributed by atoms with Crippen LogP contribution in [-0.4, -0.2) is 49.8 Å². The van der Waals surface area contributed by atoms with Crippen LogP contribution in [0.15, 0.2) is 5.16 Å². The number of tetrazole rings is 1. The maximum absolute atomic E-state index is 9.49. The lowest BCUT2D eigenvalue weighted by Crippen LogP contribution is -2.27. The van der Waals surface area contributed by atoms with E-state index in [1.165, 1.54) is 11.8 Å². The summed E-state index contributed by atoms with van der Waals surface area (Å²) in [5, 5.41) is 25.1. The lowest BCUT2D eigenvalue weighted by atomic mass is 10.3. The molecule has 0 spiro atoms. The van der Waals surface area contributed by atoms with Gasteiger partial charge >= 0.3 is 0 Å². The van der Waals surface area contributed by atoms with Gasteiger partial charge in [0.1, 0.15) is 0 Å². The molecule has 0 aliphatic rings. The Morgan fingerprint density at radius 1 is 1.47 bits per heavy atom. The second-order valence-corrected chi connectivity index (χ2v) is 5.15. The number of rotatable bonds is 8. The van der Waals surface area contributed by atoms with E-state index in [0.29, 0.717) is 11.8 Å². The summed E-state index contributed by atoms with van der Waals surface area (Å²) in [6.45, 7) is 7.75. The van der Waals surface area contributed by atoms with E-state index in [9.17, 15) is 5.11 Å². The number of thioether (sulfide) groups is 1. The molecule has 1 aromatic rings. The molecule has 98 valence electrons. The highest BCUT2D eigenvalue weighted by Crippen LogP contribution is 2.15. The summed E-state index contributed by atoms with van der Waals surface area (Å²) in [6, 6.07) is 0.462. The fourth-order valence-corrected chi connectivity index (χ4v) is 2.14. The van der Waals surface area contributed by atoms with Crippen LogP contribution < -0.4 is 5.32 Å². The zero-order chi connectivity index (χ0) is 12.7. The Morgan fingerprint density at radius 3 is 2.88 bits per heavy atom. The lowest BCUT2D eigenvalue weighted by Gasteiger charge is -2.09. The van der Waals surface area contributed by atoms with Gasteiger partial charge in [-0.1, -0.05) is 32.5 Å². The quantitative estimate of drug-likeness (QED) is 0.663. The van der Waals surface area contributed by atoms with E-state index < -0.39 is 0 Å². The van der Waals surface area contributed by atoms with Gasteiger partial charge in [0, 0.05) is 18.3 Å². The molecule has 0 radical (unpaired) electrons. The lowest BCUT2D eigenvalue weighted by molar-refractivity contribution is 0.195. The molecule has 0 aliphatic carbocycles. The minimum absolute atomic E-state index is 0.293. The van der Waals surface area contributed by atoms with Crippen molar-refractivity contribution in [2.24, 2.45) is 0 Å². The smallest absolute Gasteiger partial charge is 0.209 e. The van der Waals surface area contributed by atoms with Gasteiger partial charge in [-0.2, -0.15) is 0 Å². The third-order valence-electron chi connectivity index (χ3n) is 2.25. The summed E-state index contributed by atoms with van der Waals surface area (Å²) in [6.07, 6.45) is 0.461. The molecule has 1 heterocycles. The molecule has 0 aromatic carbocycles. The van der Waals surface area contributed by atoms with Crippen molar-refractivity contribution in [1.29, 1.82) is 0 Å². The first-order valence-electron chi connectivity index (χ1n) is 5.93. The maximum Gasteiger partial charge on any atom is 0.209 e. The van der Waals surface area contributed by atoms with E-state index in [4.69, 9.17) is 0 Å². The second-order valence-electron chi connectivity index (χ2n) is 4.17. The Labute approximate surface area is 106 Å². The number of aliphatic hydroxyl groups excluding tert-OH is 1. The molecule has 0 saturated heterocycles. The average Bonchev–Trinajstić information content (AvgIpc) is 2.73. The van der Waals surface area contributed by atoms with E-state index >= 15 is 0 Å². The van der Waals surface area contributed by atoms with Crippen molar-refractivity contribution in [2.45, 2.75) is 51.0 Å². The van der Waals surface area contributed by atoms with E-state index in [2.05, 4.69) is 34.7 Å². The van der Waals surface area contributed by atoms with Gasteiger partial charge in [0.25, 0.3) is 0 Å². The molecular weight excluding hydrogens is 238 g/mol. The van der Waals surface area contributed by atoms with Gasteiger partial charge in [0.05, 0.1) is 12.6 Å². The van der Waals surface area contributed by atoms with E-state index in [1.807, 2.05) is 6.92 Å². The van der Waals surface area contributed by atoms with Crippen molar-refractivity contribution in [2.75, 3.05) is 12.3 Å². The van der Waals surface area contributed by atoms with Gasteiger partial charge < -0.3 is 10.4 Å². The predicted molar refractivity (Wildman–Crippen MR) is 68.0 cm³/mol. The number of aromatic nitrogens is 4. The topological polar surface area (TPSA) is 75.9 Å². The molecule has 2 N–H and O–H groups in total. The Morgan fingerprint density at radius 2 is 2.24 bits per heavy atom. The Balaban J connectivity index is 2.37. The molecule has 0 amide bonds. The Hall–Kier alpha value is -0.660. The van der Waals surface area contributed by atoms with Crippen LogP contribution in [0.4, 0.5) is 0 Å². The van der Waals surface area contributed by atoms with Crippen LogP contribution in [0.3, 0.4) is 0 Å². The van der Waals surface area contributed by atoms with Crippen LogP contribution in [0, 0.1) is 0 Å². The number of nitrogens with one attached hydrogen (secondary N) is 1. The average molecular weight is 259 g/mol. The predicted octanol–water partition coefficient (Wildman–Crippen LogP) is 0.534. The van der Waals surface area contributed by atoms with Crippen molar-refractivity contribution in [3.63, 3.8) is 0 Å². The first kappa shape index (κ1) is 14.4. The van der Waals surface area contributed by atoms with Crippen molar-refractivity contribution in [1.82, 2.24) is 25.5 Å². The number of aliphatic hydroxyl groups is 1. The minimum Gasteiger partial charge on any atom is -0.392 e. The van der Waals surface area contributed by atoms with Crippen LogP contribution in [0.25, 0.3) is 0 Å². The van der Waals surface area contributed by atoms with E-state index in [1.54, 1.807) is 4.68 Å². The molecule has 0 saturated carbocycles. The molecule has 1 aromatic heterocycles. The fourth-order valence-electron chi connectivity index (χ4n) is 1.19. The highest BCUT2D eigenvalue weighted by Gasteiger charge is 2.09. The van der Waals surface area contributed by atoms with Crippen molar-refractivity contribution < 1.29 is 5.11 Å². The van der Waals surface area contributed by atoms with Gasteiger partial charge in [-0.25, -0.2) is 4.68 Å². The summed E-state index contributed by atoms with van der Waals surface area (Å²) in [5.41, 5.74) is 0. The number of nitrogens with zero attached hydrogens (tertiary/aromatic N) is 4. The highest BCUT2D eigenvalue weighted by molar-refractivity contribution is 7.99. The van der Waals surface area contributed by atoms with Crippen LogP contribution >= 0.6 is 11.8 Å². The van der Waals surface area contributed by atoms with E-state index in [-0.39, 0.29) is 6.10 Å². The van der Waals surface area contributed by atoms with Crippen molar-refractivity contribution >= 4 is 11.8 Å². The SMILES string of the molecule is CCC(O)CSc1nnnn1CCNC(C)C. The van der Waals surface area contributed by atoms with Crippen LogP contribution in [0.2, 0.25) is 0 Å². The van der Waals surface area contributed by atoms with Crippen LogP contribution in [0.1, 0.15) is 27.2 Å². The summed E-state index contributed by atoms with van der Waals surface area (Å²) in [7, 11) is 0. The molecule has 1 unspecified atom stereocenters. The van der Waals surface area contributed by atoms with Crippen LogP contribution in [0.5, 0.6) is 0 Å². The molecule has 7 heteroatoms. The second kappa shape index (κ2) is 7.62. The normalized spacial score (nSPS) is 13.2. The Kier molecular flexibility index (Phi) is 6.46. The molecule has 17 heavy (non-hydrogen) atoms. The van der Waals surface area contributed by atoms with Crippen molar-refractivity contribution in [3.05, 3.63) is 0 Å². The molecule has 6 nitrogen and oxygen atoms in total. The van der Waals surface area contributed by atoms with Gasteiger partial charge in [0.15, 0.2) is 0 Å². The molecule has 0 fully saturated rings. The fraction of sp³-hybridized carbons (Fsp3) is 0.900. The first-order valence-corrected chi connectivity index (χ1v) is 6.92. The molecule has 1 rings (SSSR count). The van der Waals surface area contributed by atoms with E-state index in [0.717, 1.165) is 24.7 Å². The molecular formula is C10H21N5OS. The first-order chi connectivity index (χ1) is 8.13. The zero-order valence-corrected chi connectivity index (χ0v) is 11.4. The number of hydrogen-bond acceptors (Lipinski definition) is 6. The van der Waals surface area contributed by atoms with Gasteiger partial charge in [0.2, 0.25) is 5.16 Å². The highest BCUT2D eigenvalue weighted by atomic mass is 32.2. The third kappa shape index (κ3) is 5.47. The molecule has 0 aliphatic heterocycles. The summed E-state index contributed by atoms with van der Waals surface area (Å²) >= 11 is 1.49. The molecule has 0 bridgehead atoms. The summed E-state index contributed by atoms with van der Waals surface area (Å²) < 4.78 is 1.77. The molecule has 1 atom stereocenters. The zero-order valence-electron chi connectivity index (χ0n) is 10.6. The number of hydrogen-bond donors (Lipinski definition) is 2. The summed E-state index contributed by atoms with van der Waals surface area (Å²) in [5.74, 6) is 0.633. The van der Waals surface area contributed by atoms with Gasteiger partial charge in [-0.05, 0) is 16.8 Å². The van der Waals surface area contributed by atoms with Crippen LogP contribution in [-0.2, 0) is 6.54 Å². The van der Waals surface area contributed by atoms with Gasteiger partial charge in [-0.3, -0.25) is 0 Å². The largest absolute Gasteiger partial charge is 0.392 e. The summed E-state index contributed by atoms with van der Waals surface area (Å²) in [4.78, 5) is 0. The monoisotopic (exact) mass is 259 g/mol. The standard InChI is InChI=1S/C10H21N5OS/c1-4-9(16)7-17-10-12-13-14-15(10)6-5-11-8(2)3/h8-9,11,16H,4-7H2,1-3H3. The third-order valence-corrected chi connectivity index (χ3v) is 3.35. The maximum atomic E-state index is 9.49.